The van der Waals surface area contributed by atoms with Gasteiger partial charge in [0.05, 0.1) is 25.3 Å². The molecule has 0 spiro atoms. The van der Waals surface area contributed by atoms with Crippen molar-refractivity contribution in [1.82, 2.24) is 0 Å². The van der Waals surface area contributed by atoms with E-state index in [1.54, 1.807) is 0 Å². The lowest BCUT2D eigenvalue weighted by atomic mass is 10.1. The lowest BCUT2D eigenvalue weighted by Gasteiger charge is -2.10. The summed E-state index contributed by atoms with van der Waals surface area (Å²) in [6, 6.07) is 4.06. The highest BCUT2D eigenvalue weighted by Gasteiger charge is 2.31. The quantitative estimate of drug-likeness (QED) is 0.702. The first-order chi connectivity index (χ1) is 13.6. The largest absolute Gasteiger partial charge is 0.484 e. The van der Waals surface area contributed by atoms with Crippen molar-refractivity contribution in [3.8, 4) is 5.75 Å². The molecule has 0 radical (unpaired) electrons. The number of thiophene rings is 1. The van der Waals surface area contributed by atoms with E-state index in [0.29, 0.717) is 0 Å². The average Bonchev–Trinajstić information content (AvgIpc) is 3.00. The number of alkyl halides is 3. The Morgan fingerprint density at radius 2 is 1.76 bits per heavy atom. The number of hydrogen-bond acceptors (Lipinski definition) is 7. The van der Waals surface area contributed by atoms with Gasteiger partial charge in [-0.3, -0.25) is 4.79 Å². The molecule has 1 heterocycles. The Morgan fingerprint density at radius 3 is 2.34 bits per heavy atom. The van der Waals surface area contributed by atoms with Crippen LogP contribution in [-0.4, -0.2) is 38.7 Å². The summed E-state index contributed by atoms with van der Waals surface area (Å²) in [6.07, 6.45) is -4.55. The highest BCUT2D eigenvalue weighted by molar-refractivity contribution is 7.18. The summed E-state index contributed by atoms with van der Waals surface area (Å²) in [7, 11) is 2.31. The van der Waals surface area contributed by atoms with Gasteiger partial charge in [-0.1, -0.05) is 6.07 Å². The molecule has 1 amide bonds. The van der Waals surface area contributed by atoms with Gasteiger partial charge in [0, 0.05) is 0 Å². The summed E-state index contributed by atoms with van der Waals surface area (Å²) in [6.45, 7) is 0.871. The maximum absolute atomic E-state index is 12.7. The third-order valence-electron chi connectivity index (χ3n) is 3.69. The van der Waals surface area contributed by atoms with Crippen molar-refractivity contribution in [2.45, 2.75) is 13.1 Å². The monoisotopic (exact) mass is 431 g/mol. The molecule has 0 bridgehead atoms. The Morgan fingerprint density at radius 1 is 1.10 bits per heavy atom. The fraction of sp³-hybridized carbons (Fsp3) is 0.278. The lowest BCUT2D eigenvalue weighted by Crippen LogP contribution is -2.21. The zero-order valence-corrected chi connectivity index (χ0v) is 16.3. The third kappa shape index (κ3) is 5.25. The second-order valence-electron chi connectivity index (χ2n) is 5.61. The number of amides is 1. The summed E-state index contributed by atoms with van der Waals surface area (Å²) in [5.41, 5.74) is -0.673. The molecule has 0 unspecified atom stereocenters. The number of halogens is 3. The van der Waals surface area contributed by atoms with Crippen LogP contribution in [0.15, 0.2) is 24.3 Å². The van der Waals surface area contributed by atoms with Crippen molar-refractivity contribution in [1.29, 1.82) is 0 Å². The number of rotatable bonds is 6. The molecule has 0 aliphatic rings. The van der Waals surface area contributed by atoms with E-state index in [1.165, 1.54) is 20.1 Å². The van der Waals surface area contributed by atoms with Crippen molar-refractivity contribution in [3.63, 3.8) is 0 Å². The van der Waals surface area contributed by atoms with Crippen molar-refractivity contribution in [3.05, 3.63) is 45.8 Å². The first-order valence-corrected chi connectivity index (χ1v) is 8.80. The number of benzene rings is 1. The van der Waals surface area contributed by atoms with Gasteiger partial charge in [0.15, 0.2) is 6.61 Å². The van der Waals surface area contributed by atoms with E-state index in [4.69, 9.17) is 4.74 Å². The van der Waals surface area contributed by atoms with Crippen LogP contribution >= 0.6 is 11.3 Å². The Hall–Kier alpha value is -3.08. The van der Waals surface area contributed by atoms with Gasteiger partial charge in [-0.2, -0.15) is 13.2 Å². The van der Waals surface area contributed by atoms with Gasteiger partial charge in [0.25, 0.3) is 5.91 Å². The van der Waals surface area contributed by atoms with Crippen LogP contribution in [-0.2, 0) is 20.4 Å². The molecule has 0 aliphatic heterocycles. The number of carbonyl (C=O) groups is 3. The standard InChI is InChI=1S/C18H16F3NO6S/c1-9-13(16(24)26-2)15(29-14(9)17(25)27-3)22-12(23)8-28-11-6-4-5-10(7-11)18(19,20)21/h4-7H,8H2,1-3H3,(H,22,23). The minimum absolute atomic E-state index is 0.0229. The summed E-state index contributed by atoms with van der Waals surface area (Å²) in [5, 5.41) is 2.44. The summed E-state index contributed by atoms with van der Waals surface area (Å²) < 4.78 is 52.6. The van der Waals surface area contributed by atoms with Crippen LogP contribution in [0.2, 0.25) is 0 Å². The molecule has 0 fully saturated rings. The number of methoxy groups -OCH3 is 2. The molecule has 2 rings (SSSR count). The van der Waals surface area contributed by atoms with E-state index in [2.05, 4.69) is 14.8 Å². The number of carbonyl (C=O) groups excluding carboxylic acids is 3. The third-order valence-corrected chi connectivity index (χ3v) is 4.88. The first-order valence-electron chi connectivity index (χ1n) is 7.98. The Balaban J connectivity index is 2.16. The number of anilines is 1. The van der Waals surface area contributed by atoms with Crippen LogP contribution in [0.5, 0.6) is 5.75 Å². The van der Waals surface area contributed by atoms with Gasteiger partial charge in [-0.25, -0.2) is 9.59 Å². The van der Waals surface area contributed by atoms with Crippen LogP contribution < -0.4 is 10.1 Å². The highest BCUT2D eigenvalue weighted by atomic mass is 32.1. The number of ether oxygens (including phenoxy) is 3. The van der Waals surface area contributed by atoms with Crippen LogP contribution in [0.1, 0.15) is 31.2 Å². The first kappa shape index (κ1) is 22.2. The zero-order valence-electron chi connectivity index (χ0n) is 15.5. The summed E-state index contributed by atoms with van der Waals surface area (Å²) in [4.78, 5) is 36.1. The minimum atomic E-state index is -4.55. The number of esters is 2. The molecule has 0 aliphatic carbocycles. The molecule has 0 saturated carbocycles. The molecular weight excluding hydrogens is 415 g/mol. The molecule has 0 atom stereocenters. The van der Waals surface area contributed by atoms with Crippen LogP contribution in [0.3, 0.4) is 0 Å². The molecule has 2 aromatic rings. The van der Waals surface area contributed by atoms with Crippen molar-refractivity contribution in [2.75, 3.05) is 26.1 Å². The van der Waals surface area contributed by atoms with Gasteiger partial charge in [-0.05, 0) is 30.7 Å². The highest BCUT2D eigenvalue weighted by Crippen LogP contribution is 2.34. The average molecular weight is 431 g/mol. The summed E-state index contributed by atoms with van der Waals surface area (Å²) in [5.74, 6) is -2.37. The van der Waals surface area contributed by atoms with Crippen molar-refractivity contribution < 1.29 is 41.8 Å². The molecular formula is C18H16F3NO6S. The van der Waals surface area contributed by atoms with Gasteiger partial charge in [0.1, 0.15) is 15.6 Å². The van der Waals surface area contributed by atoms with E-state index >= 15 is 0 Å². The fourth-order valence-corrected chi connectivity index (χ4v) is 3.44. The Kier molecular flexibility index (Phi) is 6.85. The molecule has 11 heteroatoms. The zero-order chi connectivity index (χ0) is 21.8. The van der Waals surface area contributed by atoms with E-state index in [-0.39, 0.29) is 26.8 Å². The molecule has 156 valence electrons. The van der Waals surface area contributed by atoms with Crippen LogP contribution in [0.4, 0.5) is 18.2 Å². The molecule has 29 heavy (non-hydrogen) atoms. The second kappa shape index (κ2) is 8.95. The second-order valence-corrected chi connectivity index (χ2v) is 6.63. The SMILES string of the molecule is COC(=O)c1sc(NC(=O)COc2cccc(C(F)(F)F)c2)c(C(=O)OC)c1C. The van der Waals surface area contributed by atoms with E-state index in [9.17, 15) is 27.6 Å². The maximum atomic E-state index is 12.7. The minimum Gasteiger partial charge on any atom is -0.484 e. The van der Waals surface area contributed by atoms with Crippen molar-refractivity contribution >= 4 is 34.2 Å². The molecule has 1 aromatic carbocycles. The summed E-state index contributed by atoms with van der Waals surface area (Å²) >= 11 is 0.807. The van der Waals surface area contributed by atoms with Gasteiger partial charge in [-0.15, -0.1) is 11.3 Å². The molecule has 1 N–H and O–H groups in total. The smallest absolute Gasteiger partial charge is 0.416 e. The predicted molar refractivity (Wildman–Crippen MR) is 97.3 cm³/mol. The van der Waals surface area contributed by atoms with E-state index in [1.807, 2.05) is 0 Å². The van der Waals surface area contributed by atoms with Crippen LogP contribution in [0.25, 0.3) is 0 Å². The molecule has 1 aromatic heterocycles. The molecule has 7 nitrogen and oxygen atoms in total. The lowest BCUT2D eigenvalue weighted by molar-refractivity contribution is -0.137. The van der Waals surface area contributed by atoms with E-state index < -0.39 is 36.2 Å². The molecule has 0 saturated heterocycles. The normalized spacial score (nSPS) is 11.0. The number of nitrogens with one attached hydrogen (secondary N) is 1. The topological polar surface area (TPSA) is 90.9 Å². The van der Waals surface area contributed by atoms with E-state index in [0.717, 1.165) is 36.6 Å². The number of hydrogen-bond donors (Lipinski definition) is 1. The Labute approximate surface area is 167 Å². The van der Waals surface area contributed by atoms with Gasteiger partial charge >= 0.3 is 18.1 Å². The van der Waals surface area contributed by atoms with Crippen LogP contribution in [0, 0.1) is 6.92 Å². The fourth-order valence-electron chi connectivity index (χ4n) is 2.31. The predicted octanol–water partition coefficient (Wildman–Crippen LogP) is 3.67. The Bertz CT molecular complexity index is 938. The maximum Gasteiger partial charge on any atom is 0.416 e. The van der Waals surface area contributed by atoms with Gasteiger partial charge in [0.2, 0.25) is 0 Å². The van der Waals surface area contributed by atoms with Crippen molar-refractivity contribution in [2.24, 2.45) is 0 Å². The van der Waals surface area contributed by atoms with Gasteiger partial charge < -0.3 is 19.5 Å².